The van der Waals surface area contributed by atoms with Crippen LogP contribution in [-0.4, -0.2) is 13.8 Å². The zero-order valence-corrected chi connectivity index (χ0v) is 12.1. The molecular weight excluding hydrogens is 268 g/mol. The molecule has 1 heterocycles. The van der Waals surface area contributed by atoms with E-state index in [0.717, 1.165) is 11.4 Å². The molecule has 0 fully saturated rings. The molecule has 0 saturated carbocycles. The molecule has 1 atom stereocenters. The number of fused-ring (bicyclic) bond motifs is 1. The van der Waals surface area contributed by atoms with Crippen molar-refractivity contribution >= 4 is 21.6 Å². The number of aryl methyl sites for hydroxylation is 1. The summed E-state index contributed by atoms with van der Waals surface area (Å²) in [5.74, 6) is 1.92. The second-order valence-electron chi connectivity index (χ2n) is 4.82. The first kappa shape index (κ1) is 13.1. The lowest BCUT2D eigenvalue weighted by molar-refractivity contribution is 0.679. The van der Waals surface area contributed by atoms with Gasteiger partial charge in [-0.1, -0.05) is 42.5 Å². The van der Waals surface area contributed by atoms with E-state index in [2.05, 4.69) is 29.2 Å². The Labute approximate surface area is 120 Å². The monoisotopic (exact) mass is 284 g/mol. The van der Waals surface area contributed by atoms with Gasteiger partial charge in [-0.2, -0.15) is 0 Å². The van der Waals surface area contributed by atoms with Crippen LogP contribution in [0.5, 0.6) is 0 Å². The van der Waals surface area contributed by atoms with E-state index in [1.54, 1.807) is 6.20 Å². The van der Waals surface area contributed by atoms with Crippen LogP contribution in [0.3, 0.4) is 0 Å². The summed E-state index contributed by atoms with van der Waals surface area (Å²) >= 11 is 0. The number of hydrogen-bond acceptors (Lipinski definition) is 2. The molecule has 3 rings (SSSR count). The van der Waals surface area contributed by atoms with Gasteiger partial charge in [-0.15, -0.1) is 0 Å². The summed E-state index contributed by atoms with van der Waals surface area (Å²) in [7, 11) is 0.978. The van der Waals surface area contributed by atoms with Crippen molar-refractivity contribution in [2.24, 2.45) is 7.05 Å². The molecule has 0 bridgehead atoms. The third-order valence-electron chi connectivity index (χ3n) is 3.41. The first-order chi connectivity index (χ1) is 9.74. The maximum Gasteiger partial charge on any atom is 0.121 e. The van der Waals surface area contributed by atoms with Crippen molar-refractivity contribution < 1.29 is 4.21 Å². The molecule has 102 valence electrons. The van der Waals surface area contributed by atoms with Gasteiger partial charge in [0.2, 0.25) is 0 Å². The Kier molecular flexibility index (Phi) is 3.65. The molecule has 0 aliphatic heterocycles. The zero-order chi connectivity index (χ0) is 13.9. The van der Waals surface area contributed by atoms with E-state index in [1.807, 2.05) is 36.0 Å². The highest BCUT2D eigenvalue weighted by Crippen LogP contribution is 2.20. The Balaban J connectivity index is 1.83. The fourth-order valence-corrected chi connectivity index (χ4v) is 3.59. The number of aromatic nitrogens is 2. The van der Waals surface area contributed by atoms with Gasteiger partial charge < -0.3 is 4.57 Å². The van der Waals surface area contributed by atoms with Crippen LogP contribution in [0.2, 0.25) is 0 Å². The Morgan fingerprint density at radius 3 is 2.70 bits per heavy atom. The number of nitrogens with zero attached hydrogens (tertiary/aromatic N) is 2. The molecule has 20 heavy (non-hydrogen) atoms. The summed E-state index contributed by atoms with van der Waals surface area (Å²) in [5, 5.41) is 2.38. The van der Waals surface area contributed by atoms with Crippen LogP contribution in [0, 0.1) is 0 Å². The predicted octanol–water partition coefficient (Wildman–Crippen LogP) is 3.02. The van der Waals surface area contributed by atoms with E-state index in [1.165, 1.54) is 10.8 Å². The second kappa shape index (κ2) is 5.59. The molecule has 0 radical (unpaired) electrons. The van der Waals surface area contributed by atoms with Gasteiger partial charge in [-0.25, -0.2) is 4.98 Å². The van der Waals surface area contributed by atoms with E-state index in [-0.39, 0.29) is 0 Å². The molecule has 0 N–H and O–H groups in total. The zero-order valence-electron chi connectivity index (χ0n) is 11.3. The number of imidazole rings is 1. The summed E-state index contributed by atoms with van der Waals surface area (Å²) in [4.78, 5) is 4.23. The lowest BCUT2D eigenvalue weighted by Crippen LogP contribution is -2.05. The Morgan fingerprint density at radius 1 is 1.10 bits per heavy atom. The minimum atomic E-state index is -0.950. The Bertz CT molecular complexity index is 759. The van der Waals surface area contributed by atoms with E-state index in [0.29, 0.717) is 11.5 Å². The number of benzene rings is 2. The number of hydrogen-bond donors (Lipinski definition) is 0. The maximum atomic E-state index is 12.3. The van der Waals surface area contributed by atoms with Gasteiger partial charge in [0.15, 0.2) is 0 Å². The van der Waals surface area contributed by atoms with Gasteiger partial charge in [-0.3, -0.25) is 4.21 Å². The highest BCUT2D eigenvalue weighted by Gasteiger charge is 2.09. The normalized spacial score (nSPS) is 12.7. The molecule has 0 spiro atoms. The average molecular weight is 284 g/mol. The predicted molar refractivity (Wildman–Crippen MR) is 82.7 cm³/mol. The van der Waals surface area contributed by atoms with Crippen LogP contribution in [-0.2, 0) is 29.4 Å². The van der Waals surface area contributed by atoms with Gasteiger partial charge in [0, 0.05) is 36.0 Å². The van der Waals surface area contributed by atoms with Crippen LogP contribution in [0.1, 0.15) is 11.4 Å². The molecule has 0 aliphatic carbocycles. The third kappa shape index (κ3) is 2.65. The molecular formula is C16H16N2OS. The minimum absolute atomic E-state index is 0.493. The fraction of sp³-hybridized carbons (Fsp3) is 0.188. The van der Waals surface area contributed by atoms with Crippen LogP contribution < -0.4 is 0 Å². The summed E-state index contributed by atoms with van der Waals surface area (Å²) in [6, 6.07) is 14.4. The molecule has 3 nitrogen and oxygen atoms in total. The topological polar surface area (TPSA) is 34.9 Å². The molecule has 0 unspecified atom stereocenters. The van der Waals surface area contributed by atoms with Gasteiger partial charge in [0.1, 0.15) is 5.82 Å². The standard InChI is InChI=1S/C16H16N2OS/c1-18-10-9-17-16(18)12-20(19)11-14-7-4-6-13-5-2-3-8-15(13)14/h2-10H,11-12H2,1H3/t20-/m0/s1. The SMILES string of the molecule is Cn1ccnc1C[S@@](=O)Cc1cccc2ccccc12. The first-order valence-electron chi connectivity index (χ1n) is 6.52. The highest BCUT2D eigenvalue weighted by atomic mass is 32.2. The maximum absolute atomic E-state index is 12.3. The molecule has 0 aliphatic rings. The first-order valence-corrected chi connectivity index (χ1v) is 8.00. The highest BCUT2D eigenvalue weighted by molar-refractivity contribution is 7.83. The van der Waals surface area contributed by atoms with Gasteiger partial charge in [-0.05, 0) is 16.3 Å². The smallest absolute Gasteiger partial charge is 0.121 e. The number of rotatable bonds is 4. The van der Waals surface area contributed by atoms with E-state index in [9.17, 15) is 4.21 Å². The van der Waals surface area contributed by atoms with Gasteiger partial charge >= 0.3 is 0 Å². The van der Waals surface area contributed by atoms with Crippen LogP contribution >= 0.6 is 0 Å². The average Bonchev–Trinajstić information content (AvgIpc) is 2.85. The Morgan fingerprint density at radius 2 is 1.90 bits per heavy atom. The van der Waals surface area contributed by atoms with E-state index >= 15 is 0 Å². The van der Waals surface area contributed by atoms with Crippen molar-refractivity contribution in [2.45, 2.75) is 11.5 Å². The third-order valence-corrected chi connectivity index (χ3v) is 4.62. The van der Waals surface area contributed by atoms with Gasteiger partial charge in [0.25, 0.3) is 0 Å². The molecule has 2 aromatic carbocycles. The van der Waals surface area contributed by atoms with Gasteiger partial charge in [0.05, 0.1) is 5.75 Å². The molecule has 3 aromatic rings. The van der Waals surface area contributed by atoms with Crippen molar-refractivity contribution in [3.05, 3.63) is 66.2 Å². The van der Waals surface area contributed by atoms with Crippen LogP contribution in [0.25, 0.3) is 10.8 Å². The van der Waals surface area contributed by atoms with Crippen LogP contribution in [0.15, 0.2) is 54.9 Å². The van der Waals surface area contributed by atoms with Crippen molar-refractivity contribution in [1.29, 1.82) is 0 Å². The molecule has 1 aromatic heterocycles. The van der Waals surface area contributed by atoms with E-state index < -0.39 is 10.8 Å². The van der Waals surface area contributed by atoms with Crippen molar-refractivity contribution in [3.63, 3.8) is 0 Å². The van der Waals surface area contributed by atoms with E-state index in [4.69, 9.17) is 0 Å². The largest absolute Gasteiger partial charge is 0.337 e. The summed E-state index contributed by atoms with van der Waals surface area (Å²) in [6.07, 6.45) is 3.62. The quantitative estimate of drug-likeness (QED) is 0.738. The summed E-state index contributed by atoms with van der Waals surface area (Å²) in [5.41, 5.74) is 1.13. The van der Waals surface area contributed by atoms with Crippen LogP contribution in [0.4, 0.5) is 0 Å². The lowest BCUT2D eigenvalue weighted by Gasteiger charge is -2.07. The molecule has 0 amide bonds. The van der Waals surface area contributed by atoms with Crippen molar-refractivity contribution in [1.82, 2.24) is 9.55 Å². The fourth-order valence-electron chi connectivity index (χ4n) is 2.32. The second-order valence-corrected chi connectivity index (χ2v) is 6.28. The summed E-state index contributed by atoms with van der Waals surface area (Å²) < 4.78 is 14.3. The van der Waals surface area contributed by atoms with Crippen molar-refractivity contribution in [3.8, 4) is 0 Å². The minimum Gasteiger partial charge on any atom is -0.337 e. The lowest BCUT2D eigenvalue weighted by atomic mass is 10.1. The molecule has 0 saturated heterocycles. The molecule has 4 heteroatoms. The van der Waals surface area contributed by atoms with Crippen molar-refractivity contribution in [2.75, 3.05) is 0 Å². The summed E-state index contributed by atoms with van der Waals surface area (Å²) in [6.45, 7) is 0. The Hall–Kier alpha value is -1.94.